The van der Waals surface area contributed by atoms with Crippen LogP contribution in [0.2, 0.25) is 0 Å². The lowest BCUT2D eigenvalue weighted by Crippen LogP contribution is -2.68. The van der Waals surface area contributed by atoms with Gasteiger partial charge in [0.2, 0.25) is 11.4 Å². The number of ketones is 1. The van der Waals surface area contributed by atoms with Crippen LogP contribution >= 0.6 is 0 Å². The number of benzene rings is 3. The highest BCUT2D eigenvalue weighted by Gasteiger charge is 2.20. The molecule has 0 amide bonds. The van der Waals surface area contributed by atoms with Gasteiger partial charge in [0.25, 0.3) is 0 Å². The Morgan fingerprint density at radius 2 is 1.17 bits per heavy atom. The molecule has 0 saturated heterocycles. The number of hydrogen-bond acceptors (Lipinski definition) is 7. The second kappa shape index (κ2) is 11.1. The molecule has 3 aromatic carbocycles. The average molecular weight is 486 g/mol. The van der Waals surface area contributed by atoms with Crippen molar-refractivity contribution in [1.29, 1.82) is 10.5 Å². The second-order valence-corrected chi connectivity index (χ2v) is 7.85. The lowest BCUT2D eigenvalue weighted by atomic mass is 10.0. The Kier molecular flexibility index (Phi) is 8.03. The summed E-state index contributed by atoms with van der Waals surface area (Å²) in [6.07, 6.45) is 1.82. The van der Waals surface area contributed by atoms with Gasteiger partial charge in [-0.25, -0.2) is 18.6 Å². The first-order valence-corrected chi connectivity index (χ1v) is 11.2. The van der Waals surface area contributed by atoms with E-state index < -0.39 is 10.2 Å². The third kappa shape index (κ3) is 7.03. The van der Waals surface area contributed by atoms with E-state index in [9.17, 15) is 4.79 Å². The van der Waals surface area contributed by atoms with Crippen LogP contribution in [0.4, 0.5) is 0 Å². The molecule has 4 rings (SSSR count). The number of pyridine rings is 1. The van der Waals surface area contributed by atoms with Crippen molar-refractivity contribution in [2.75, 3.05) is 0 Å². The maximum absolute atomic E-state index is 13.0. The van der Waals surface area contributed by atoms with E-state index in [0.717, 1.165) is 16.9 Å². The molecule has 8 nitrogen and oxygen atoms in total. The van der Waals surface area contributed by atoms with Crippen molar-refractivity contribution >= 4 is 5.78 Å². The molecule has 9 heteroatoms. The highest BCUT2D eigenvalue weighted by atomic mass is 35.7. The predicted molar refractivity (Wildman–Crippen MR) is 113 cm³/mol. The van der Waals surface area contributed by atoms with Gasteiger partial charge in [-0.15, -0.1) is 10.2 Å². The first kappa shape index (κ1) is 25.2. The van der Waals surface area contributed by atoms with Gasteiger partial charge >= 0.3 is 0 Å². The molecule has 0 aliphatic heterocycles. The Balaban J connectivity index is 0.000000623. The van der Waals surface area contributed by atoms with Crippen LogP contribution < -0.4 is 23.2 Å². The van der Waals surface area contributed by atoms with E-state index in [1.165, 1.54) is 0 Å². The number of halogens is 1. The van der Waals surface area contributed by atoms with Crippen molar-refractivity contribution in [2.45, 2.75) is 0 Å². The molecule has 0 aliphatic rings. The van der Waals surface area contributed by atoms with Crippen molar-refractivity contribution in [3.8, 4) is 29.1 Å². The number of hydrogen-bond donors (Lipinski definition) is 0. The third-order valence-electron chi connectivity index (χ3n) is 4.83. The number of para-hydroxylation sites is 1. The van der Waals surface area contributed by atoms with Crippen LogP contribution in [0.3, 0.4) is 0 Å². The number of carbonyl (C=O) groups excluding carboxylic acids is 1. The highest BCUT2D eigenvalue weighted by molar-refractivity contribution is 6.08. The molecule has 1 aromatic heterocycles. The van der Waals surface area contributed by atoms with Crippen LogP contribution in [0.5, 0.6) is 0 Å². The zero-order chi connectivity index (χ0) is 25.4. The monoisotopic (exact) mass is 485 g/mol. The first-order valence-electron chi connectivity index (χ1n) is 9.98. The van der Waals surface area contributed by atoms with E-state index in [2.05, 4.69) is 12.1 Å². The molecular formula is C26H16ClN3O5. The maximum Gasteiger partial charge on any atom is 0.218 e. The highest BCUT2D eigenvalue weighted by Crippen LogP contribution is 2.20. The molecule has 0 N–H and O–H groups in total. The predicted octanol–water partition coefficient (Wildman–Crippen LogP) is -0.151. The van der Waals surface area contributed by atoms with Crippen LogP contribution in [0.15, 0.2) is 97.2 Å². The standard InChI is InChI=1S/C26H16N3O.ClHO4/c27-16-19-6-10-21(11-7-19)25-15-14-23(18-29(25)24-4-2-1-3-5-24)26(30)22-12-8-20(17-28)9-13-22;2-1(3,4)5/h1-15,18H;(H,2,3,4,5)/q+1;/p-1. The van der Waals surface area contributed by atoms with Gasteiger partial charge in [0, 0.05) is 29.3 Å². The minimum absolute atomic E-state index is 0.115. The van der Waals surface area contributed by atoms with Gasteiger partial charge in [-0.2, -0.15) is 15.1 Å². The number of rotatable bonds is 4. The minimum atomic E-state index is -4.94. The van der Waals surface area contributed by atoms with Crippen molar-refractivity contribution in [1.82, 2.24) is 0 Å². The van der Waals surface area contributed by atoms with E-state index in [-0.39, 0.29) is 5.78 Å². The summed E-state index contributed by atoms with van der Waals surface area (Å²) >= 11 is 0. The Labute approximate surface area is 203 Å². The Morgan fingerprint density at radius 3 is 1.69 bits per heavy atom. The molecule has 172 valence electrons. The normalized spacial score (nSPS) is 10.3. The fraction of sp³-hybridized carbons (Fsp3) is 0. The number of nitriles is 2. The topological polar surface area (TPSA) is 161 Å². The number of aromatic nitrogens is 1. The van der Waals surface area contributed by atoms with Crippen LogP contribution in [0, 0.1) is 32.9 Å². The zero-order valence-corrected chi connectivity index (χ0v) is 18.8. The summed E-state index contributed by atoms with van der Waals surface area (Å²) in [4.78, 5) is 13.0. The van der Waals surface area contributed by atoms with Gasteiger partial charge in [-0.1, -0.05) is 18.2 Å². The fourth-order valence-corrected chi connectivity index (χ4v) is 3.25. The number of carbonyl (C=O) groups is 1. The molecule has 35 heavy (non-hydrogen) atoms. The van der Waals surface area contributed by atoms with Crippen molar-refractivity contribution < 1.29 is 38.2 Å². The molecule has 4 aromatic rings. The summed E-state index contributed by atoms with van der Waals surface area (Å²) in [5.74, 6) is -0.115. The smallest absolute Gasteiger partial charge is 0.218 e. The molecular weight excluding hydrogens is 470 g/mol. The van der Waals surface area contributed by atoms with Gasteiger partial charge in [-0.05, 0) is 54.6 Å². The summed E-state index contributed by atoms with van der Waals surface area (Å²) in [5.41, 5.74) is 4.95. The van der Waals surface area contributed by atoms with Crippen molar-refractivity contribution in [3.05, 3.63) is 119 Å². The Hall–Kier alpha value is -4.41. The summed E-state index contributed by atoms with van der Waals surface area (Å²) in [6.45, 7) is 0. The van der Waals surface area contributed by atoms with Crippen molar-refractivity contribution in [3.63, 3.8) is 0 Å². The van der Waals surface area contributed by atoms with Gasteiger partial charge < -0.3 is 0 Å². The number of nitrogens with zero attached hydrogens (tertiary/aromatic N) is 3. The molecule has 0 bridgehead atoms. The molecule has 0 spiro atoms. The van der Waals surface area contributed by atoms with Gasteiger partial charge in [0.1, 0.15) is 0 Å². The maximum atomic E-state index is 13.0. The second-order valence-electron chi connectivity index (χ2n) is 7.09. The lowest BCUT2D eigenvalue weighted by molar-refractivity contribution is -2.00. The average Bonchev–Trinajstić information content (AvgIpc) is 2.87. The molecule has 0 radical (unpaired) electrons. The van der Waals surface area contributed by atoms with Gasteiger partial charge in [-0.3, -0.25) is 4.79 Å². The quantitative estimate of drug-likeness (QED) is 0.287. The van der Waals surface area contributed by atoms with E-state index in [1.54, 1.807) is 42.5 Å². The van der Waals surface area contributed by atoms with E-state index >= 15 is 0 Å². The molecule has 0 fully saturated rings. The molecule has 0 unspecified atom stereocenters. The molecule has 0 aliphatic carbocycles. The van der Waals surface area contributed by atoms with Crippen molar-refractivity contribution in [2.24, 2.45) is 0 Å². The SMILES string of the molecule is N#Cc1ccc(C(=O)c2ccc(-c3ccc(C#N)cc3)[n+](-c3ccccc3)c2)cc1.[O-][Cl+3]([O-])([O-])[O-]. The lowest BCUT2D eigenvalue weighted by Gasteiger charge is -2.17. The largest absolute Gasteiger partial charge is 0.288 e. The van der Waals surface area contributed by atoms with Gasteiger partial charge in [0.05, 0.1) is 28.8 Å². The minimum Gasteiger partial charge on any atom is -0.288 e. The summed E-state index contributed by atoms with van der Waals surface area (Å²) in [7, 11) is -4.94. The first-order chi connectivity index (χ1) is 16.7. The van der Waals surface area contributed by atoms with Crippen LogP contribution in [-0.2, 0) is 0 Å². The molecule has 0 saturated carbocycles. The summed E-state index contributed by atoms with van der Waals surface area (Å²) in [5, 5.41) is 18.0. The molecule has 0 atom stereocenters. The van der Waals surface area contributed by atoms with E-state index in [0.29, 0.717) is 22.3 Å². The zero-order valence-electron chi connectivity index (χ0n) is 18.0. The summed E-state index contributed by atoms with van der Waals surface area (Å²) < 4.78 is 35.9. The van der Waals surface area contributed by atoms with Crippen LogP contribution in [0.1, 0.15) is 27.0 Å². The van der Waals surface area contributed by atoms with Crippen LogP contribution in [0.25, 0.3) is 16.9 Å². The third-order valence-corrected chi connectivity index (χ3v) is 4.83. The van der Waals surface area contributed by atoms with E-state index in [1.807, 2.05) is 59.3 Å². The summed E-state index contributed by atoms with van der Waals surface area (Å²) in [6, 6.07) is 31.7. The van der Waals surface area contributed by atoms with Gasteiger partial charge in [0.15, 0.2) is 12.0 Å². The molecule has 1 heterocycles. The Bertz CT molecular complexity index is 1400. The Morgan fingerprint density at radius 1 is 0.686 bits per heavy atom. The van der Waals surface area contributed by atoms with Crippen LogP contribution in [-0.4, -0.2) is 5.78 Å². The fourth-order valence-electron chi connectivity index (χ4n) is 3.25. The van der Waals surface area contributed by atoms with E-state index in [4.69, 9.17) is 29.2 Å².